The van der Waals surface area contributed by atoms with E-state index in [9.17, 15) is 0 Å². The van der Waals surface area contributed by atoms with Crippen molar-refractivity contribution in [3.63, 3.8) is 0 Å². The standard InChI is InChI=1S/C15H13N3/c1-11-2-4-12(5-3-11)13-6-8-14(9-7-13)15-10-16-18-17-15/h2-10H,1H3,(H,16,17,18). The first-order valence-corrected chi connectivity index (χ1v) is 5.86. The first kappa shape index (κ1) is 10.7. The molecule has 0 saturated heterocycles. The SMILES string of the molecule is Cc1ccc(-c2ccc(-c3cn[nH]n3)cc2)cc1. The molecule has 3 aromatic rings. The summed E-state index contributed by atoms with van der Waals surface area (Å²) >= 11 is 0. The zero-order chi connectivity index (χ0) is 12.4. The molecule has 88 valence electrons. The largest absolute Gasteiger partial charge is 0.197 e. The van der Waals surface area contributed by atoms with E-state index in [0.717, 1.165) is 11.3 Å². The van der Waals surface area contributed by atoms with Crippen LogP contribution in [0.3, 0.4) is 0 Å². The Morgan fingerprint density at radius 2 is 1.33 bits per heavy atom. The molecule has 0 aliphatic rings. The maximum Gasteiger partial charge on any atom is 0.112 e. The summed E-state index contributed by atoms with van der Waals surface area (Å²) in [6.07, 6.45) is 1.72. The minimum Gasteiger partial charge on any atom is -0.197 e. The molecule has 1 N–H and O–H groups in total. The molecule has 0 bridgehead atoms. The minimum atomic E-state index is 0.866. The molecule has 0 amide bonds. The van der Waals surface area contributed by atoms with Crippen LogP contribution in [0.5, 0.6) is 0 Å². The van der Waals surface area contributed by atoms with Gasteiger partial charge in [-0.2, -0.15) is 15.4 Å². The molecule has 1 aromatic heterocycles. The summed E-state index contributed by atoms with van der Waals surface area (Å²) in [7, 11) is 0. The number of hydrogen-bond donors (Lipinski definition) is 1. The molecule has 3 heteroatoms. The van der Waals surface area contributed by atoms with Crippen molar-refractivity contribution in [2.45, 2.75) is 6.92 Å². The number of hydrogen-bond acceptors (Lipinski definition) is 2. The molecular formula is C15H13N3. The predicted molar refractivity (Wildman–Crippen MR) is 72.0 cm³/mol. The van der Waals surface area contributed by atoms with Crippen LogP contribution in [0, 0.1) is 6.92 Å². The van der Waals surface area contributed by atoms with E-state index in [4.69, 9.17) is 0 Å². The van der Waals surface area contributed by atoms with Crippen molar-refractivity contribution < 1.29 is 0 Å². The highest BCUT2D eigenvalue weighted by Gasteiger charge is 2.01. The van der Waals surface area contributed by atoms with Gasteiger partial charge in [0, 0.05) is 5.56 Å². The van der Waals surface area contributed by atoms with Gasteiger partial charge in [0.1, 0.15) is 5.69 Å². The molecule has 3 rings (SSSR count). The summed E-state index contributed by atoms with van der Waals surface area (Å²) in [5.41, 5.74) is 5.65. The Morgan fingerprint density at radius 1 is 0.778 bits per heavy atom. The topological polar surface area (TPSA) is 41.6 Å². The highest BCUT2D eigenvalue weighted by atomic mass is 15.3. The monoisotopic (exact) mass is 235 g/mol. The van der Waals surface area contributed by atoms with Gasteiger partial charge in [0.25, 0.3) is 0 Å². The molecule has 0 spiro atoms. The van der Waals surface area contributed by atoms with E-state index in [2.05, 4.69) is 70.9 Å². The lowest BCUT2D eigenvalue weighted by atomic mass is 10.0. The third-order valence-electron chi connectivity index (χ3n) is 2.98. The van der Waals surface area contributed by atoms with E-state index in [1.54, 1.807) is 6.20 Å². The summed E-state index contributed by atoms with van der Waals surface area (Å²) in [5.74, 6) is 0. The highest BCUT2D eigenvalue weighted by Crippen LogP contribution is 2.23. The Bertz CT molecular complexity index is 623. The van der Waals surface area contributed by atoms with Crippen LogP contribution in [0.1, 0.15) is 5.56 Å². The summed E-state index contributed by atoms with van der Waals surface area (Å²) < 4.78 is 0. The molecule has 0 radical (unpaired) electrons. The maximum atomic E-state index is 4.06. The summed E-state index contributed by atoms with van der Waals surface area (Å²) in [6, 6.07) is 16.9. The maximum absolute atomic E-state index is 4.06. The van der Waals surface area contributed by atoms with Crippen molar-refractivity contribution in [2.75, 3.05) is 0 Å². The number of aromatic amines is 1. The van der Waals surface area contributed by atoms with Crippen LogP contribution < -0.4 is 0 Å². The van der Waals surface area contributed by atoms with Crippen LogP contribution >= 0.6 is 0 Å². The van der Waals surface area contributed by atoms with E-state index >= 15 is 0 Å². The molecule has 18 heavy (non-hydrogen) atoms. The van der Waals surface area contributed by atoms with Crippen LogP contribution in [0.25, 0.3) is 22.4 Å². The molecule has 0 unspecified atom stereocenters. The number of aryl methyl sites for hydroxylation is 1. The van der Waals surface area contributed by atoms with Gasteiger partial charge < -0.3 is 0 Å². The fourth-order valence-electron chi connectivity index (χ4n) is 1.92. The van der Waals surface area contributed by atoms with Gasteiger partial charge in [-0.3, -0.25) is 0 Å². The lowest BCUT2D eigenvalue weighted by Gasteiger charge is -2.03. The second-order valence-corrected chi connectivity index (χ2v) is 4.30. The second kappa shape index (κ2) is 4.45. The Balaban J connectivity index is 1.94. The Hall–Kier alpha value is -2.42. The zero-order valence-electron chi connectivity index (χ0n) is 10.1. The second-order valence-electron chi connectivity index (χ2n) is 4.30. The quantitative estimate of drug-likeness (QED) is 0.739. The van der Waals surface area contributed by atoms with Gasteiger partial charge in [0.15, 0.2) is 0 Å². The van der Waals surface area contributed by atoms with E-state index in [1.807, 2.05) is 0 Å². The van der Waals surface area contributed by atoms with Crippen LogP contribution in [-0.2, 0) is 0 Å². The van der Waals surface area contributed by atoms with Crippen LogP contribution in [0.4, 0.5) is 0 Å². The zero-order valence-corrected chi connectivity index (χ0v) is 10.1. The van der Waals surface area contributed by atoms with Crippen LogP contribution in [-0.4, -0.2) is 15.4 Å². The first-order chi connectivity index (χ1) is 8.83. The lowest BCUT2D eigenvalue weighted by Crippen LogP contribution is -1.81. The fourth-order valence-corrected chi connectivity index (χ4v) is 1.92. The average Bonchev–Trinajstić information content (AvgIpc) is 2.94. The molecule has 0 atom stereocenters. The van der Waals surface area contributed by atoms with Crippen molar-refractivity contribution in [1.82, 2.24) is 15.4 Å². The van der Waals surface area contributed by atoms with Crippen molar-refractivity contribution in [3.05, 3.63) is 60.3 Å². The number of nitrogens with zero attached hydrogens (tertiary/aromatic N) is 2. The van der Waals surface area contributed by atoms with Gasteiger partial charge in [-0.1, -0.05) is 54.1 Å². The average molecular weight is 235 g/mol. The van der Waals surface area contributed by atoms with E-state index in [0.29, 0.717) is 0 Å². The molecule has 0 saturated carbocycles. The highest BCUT2D eigenvalue weighted by molar-refractivity contribution is 5.68. The summed E-state index contributed by atoms with van der Waals surface area (Å²) in [6.45, 7) is 2.09. The molecule has 0 aliphatic carbocycles. The van der Waals surface area contributed by atoms with E-state index in [1.165, 1.54) is 16.7 Å². The number of aromatic nitrogens is 3. The van der Waals surface area contributed by atoms with Crippen LogP contribution in [0.2, 0.25) is 0 Å². The Labute approximate surface area is 105 Å². The Morgan fingerprint density at radius 3 is 1.89 bits per heavy atom. The predicted octanol–water partition coefficient (Wildman–Crippen LogP) is 3.45. The van der Waals surface area contributed by atoms with E-state index in [-0.39, 0.29) is 0 Å². The number of rotatable bonds is 2. The van der Waals surface area contributed by atoms with Gasteiger partial charge in [-0.25, -0.2) is 0 Å². The molecule has 2 aromatic carbocycles. The van der Waals surface area contributed by atoms with Crippen molar-refractivity contribution >= 4 is 0 Å². The third kappa shape index (κ3) is 2.02. The number of H-pyrrole nitrogens is 1. The minimum absolute atomic E-state index is 0.866. The smallest absolute Gasteiger partial charge is 0.112 e. The fraction of sp³-hybridized carbons (Fsp3) is 0.0667. The Kier molecular flexibility index (Phi) is 2.65. The lowest BCUT2D eigenvalue weighted by molar-refractivity contribution is 0.942. The molecule has 3 nitrogen and oxygen atoms in total. The van der Waals surface area contributed by atoms with Gasteiger partial charge in [-0.15, -0.1) is 0 Å². The van der Waals surface area contributed by atoms with Crippen molar-refractivity contribution in [2.24, 2.45) is 0 Å². The molecule has 0 fully saturated rings. The summed E-state index contributed by atoms with van der Waals surface area (Å²) in [5, 5.41) is 10.5. The molecule has 1 heterocycles. The van der Waals surface area contributed by atoms with Gasteiger partial charge in [0.2, 0.25) is 0 Å². The van der Waals surface area contributed by atoms with Gasteiger partial charge in [-0.05, 0) is 18.1 Å². The van der Waals surface area contributed by atoms with Crippen molar-refractivity contribution in [1.29, 1.82) is 0 Å². The van der Waals surface area contributed by atoms with E-state index < -0.39 is 0 Å². The third-order valence-corrected chi connectivity index (χ3v) is 2.98. The molecular weight excluding hydrogens is 222 g/mol. The van der Waals surface area contributed by atoms with Gasteiger partial charge >= 0.3 is 0 Å². The number of nitrogens with one attached hydrogen (secondary N) is 1. The van der Waals surface area contributed by atoms with Crippen LogP contribution in [0.15, 0.2) is 54.7 Å². The van der Waals surface area contributed by atoms with Gasteiger partial charge in [0.05, 0.1) is 6.20 Å². The first-order valence-electron chi connectivity index (χ1n) is 5.86. The summed E-state index contributed by atoms with van der Waals surface area (Å²) in [4.78, 5) is 0. The molecule has 0 aliphatic heterocycles. The number of benzene rings is 2. The van der Waals surface area contributed by atoms with Crippen molar-refractivity contribution in [3.8, 4) is 22.4 Å². The normalized spacial score (nSPS) is 10.5.